The maximum atomic E-state index is 5.53. The Balaban J connectivity index is 1.77. The van der Waals surface area contributed by atoms with E-state index in [1.807, 2.05) is 24.3 Å². The summed E-state index contributed by atoms with van der Waals surface area (Å²) < 4.78 is 10.5. The number of rotatable bonds is 5. The lowest BCUT2D eigenvalue weighted by Gasteiger charge is -2.03. The number of hydrogen-bond donors (Lipinski definition) is 2. The van der Waals surface area contributed by atoms with Crippen molar-refractivity contribution in [1.29, 1.82) is 0 Å². The number of ether oxygens (including phenoxy) is 1. The van der Waals surface area contributed by atoms with Crippen molar-refractivity contribution in [3.05, 3.63) is 42.0 Å². The zero-order valence-corrected chi connectivity index (χ0v) is 10.5. The Morgan fingerprint density at radius 3 is 3.11 bits per heavy atom. The summed E-state index contributed by atoms with van der Waals surface area (Å²) in [4.78, 5) is 4.36. The number of fused-ring (bicyclic) bond motifs is 1. The SMILES string of the molecule is COCc1nc2cc(NCc3ccn[nH]3)ccc2o1. The average Bonchev–Trinajstić information content (AvgIpc) is 3.05. The third-order valence-electron chi connectivity index (χ3n) is 2.74. The molecule has 2 N–H and O–H groups in total. The van der Waals surface area contributed by atoms with Gasteiger partial charge in [-0.25, -0.2) is 4.98 Å². The van der Waals surface area contributed by atoms with Gasteiger partial charge < -0.3 is 14.5 Å². The fraction of sp³-hybridized carbons (Fsp3) is 0.231. The van der Waals surface area contributed by atoms with Crippen LogP contribution in [0.1, 0.15) is 11.6 Å². The Bertz CT molecular complexity index is 660. The molecule has 0 atom stereocenters. The zero-order chi connectivity index (χ0) is 13.1. The van der Waals surface area contributed by atoms with E-state index in [1.165, 1.54) is 0 Å². The highest BCUT2D eigenvalue weighted by atomic mass is 16.5. The molecule has 0 saturated heterocycles. The summed E-state index contributed by atoms with van der Waals surface area (Å²) >= 11 is 0. The van der Waals surface area contributed by atoms with Crippen LogP contribution in [0, 0.1) is 0 Å². The topological polar surface area (TPSA) is 76.0 Å². The highest BCUT2D eigenvalue weighted by Gasteiger charge is 2.06. The minimum Gasteiger partial charge on any atom is -0.438 e. The van der Waals surface area contributed by atoms with Crippen LogP contribution < -0.4 is 5.32 Å². The number of nitrogens with zero attached hydrogens (tertiary/aromatic N) is 2. The minimum absolute atomic E-state index is 0.381. The van der Waals surface area contributed by atoms with Crippen LogP contribution >= 0.6 is 0 Å². The number of anilines is 1. The van der Waals surface area contributed by atoms with Crippen LogP contribution in [0.4, 0.5) is 5.69 Å². The molecule has 19 heavy (non-hydrogen) atoms. The van der Waals surface area contributed by atoms with Gasteiger partial charge in [0.15, 0.2) is 5.58 Å². The second kappa shape index (κ2) is 5.11. The molecule has 3 aromatic rings. The van der Waals surface area contributed by atoms with Crippen molar-refractivity contribution in [2.24, 2.45) is 0 Å². The first kappa shape index (κ1) is 11.7. The van der Waals surface area contributed by atoms with E-state index in [2.05, 4.69) is 20.5 Å². The van der Waals surface area contributed by atoms with Gasteiger partial charge in [-0.1, -0.05) is 0 Å². The van der Waals surface area contributed by atoms with E-state index in [0.29, 0.717) is 19.0 Å². The molecule has 2 aromatic heterocycles. The normalized spacial score (nSPS) is 11.0. The molecular formula is C13H14N4O2. The van der Waals surface area contributed by atoms with E-state index >= 15 is 0 Å². The predicted octanol–water partition coefficient (Wildman–Crippen LogP) is 2.31. The largest absolute Gasteiger partial charge is 0.438 e. The van der Waals surface area contributed by atoms with Crippen LogP contribution in [0.3, 0.4) is 0 Å². The lowest BCUT2D eigenvalue weighted by Crippen LogP contribution is -1.99. The van der Waals surface area contributed by atoms with Crippen LogP contribution in [0.25, 0.3) is 11.1 Å². The molecule has 98 valence electrons. The first-order chi connectivity index (χ1) is 9.35. The molecule has 3 rings (SSSR count). The van der Waals surface area contributed by atoms with Crippen LogP contribution in [0.2, 0.25) is 0 Å². The first-order valence-corrected chi connectivity index (χ1v) is 5.95. The highest BCUT2D eigenvalue weighted by Crippen LogP contribution is 2.20. The molecule has 0 fully saturated rings. The number of hydrogen-bond acceptors (Lipinski definition) is 5. The van der Waals surface area contributed by atoms with Gasteiger partial charge in [0.05, 0.1) is 12.2 Å². The van der Waals surface area contributed by atoms with Crippen LogP contribution in [0.5, 0.6) is 0 Å². The summed E-state index contributed by atoms with van der Waals surface area (Å²) in [5, 5.41) is 10.1. The highest BCUT2D eigenvalue weighted by molar-refractivity contribution is 5.77. The molecule has 0 amide bonds. The van der Waals surface area contributed by atoms with Gasteiger partial charge in [0, 0.05) is 19.0 Å². The van der Waals surface area contributed by atoms with Gasteiger partial charge in [-0.2, -0.15) is 5.10 Å². The van der Waals surface area contributed by atoms with Crippen molar-refractivity contribution in [2.45, 2.75) is 13.2 Å². The fourth-order valence-electron chi connectivity index (χ4n) is 1.85. The zero-order valence-electron chi connectivity index (χ0n) is 10.5. The lowest BCUT2D eigenvalue weighted by molar-refractivity contribution is 0.161. The number of aromatic nitrogens is 3. The number of aromatic amines is 1. The van der Waals surface area contributed by atoms with Crippen molar-refractivity contribution < 1.29 is 9.15 Å². The van der Waals surface area contributed by atoms with Crippen molar-refractivity contribution in [3.8, 4) is 0 Å². The molecule has 2 heterocycles. The quantitative estimate of drug-likeness (QED) is 0.734. The van der Waals surface area contributed by atoms with Gasteiger partial charge in [-0.3, -0.25) is 5.10 Å². The molecular weight excluding hydrogens is 244 g/mol. The van der Waals surface area contributed by atoms with Gasteiger partial charge in [-0.05, 0) is 24.3 Å². The van der Waals surface area contributed by atoms with Crippen molar-refractivity contribution >= 4 is 16.8 Å². The Morgan fingerprint density at radius 2 is 2.32 bits per heavy atom. The van der Waals surface area contributed by atoms with E-state index in [9.17, 15) is 0 Å². The standard InChI is InChI=1S/C13H14N4O2/c1-18-8-13-16-11-6-9(2-3-12(11)19-13)14-7-10-4-5-15-17-10/h2-6,14H,7-8H2,1H3,(H,15,17). The minimum atomic E-state index is 0.381. The first-order valence-electron chi connectivity index (χ1n) is 5.95. The smallest absolute Gasteiger partial charge is 0.221 e. The second-order valence-electron chi connectivity index (χ2n) is 4.16. The summed E-state index contributed by atoms with van der Waals surface area (Å²) in [6, 6.07) is 7.74. The number of oxazole rings is 1. The molecule has 0 bridgehead atoms. The number of H-pyrrole nitrogens is 1. The third kappa shape index (κ3) is 2.58. The second-order valence-corrected chi connectivity index (χ2v) is 4.16. The van der Waals surface area contributed by atoms with Crippen LogP contribution in [0.15, 0.2) is 34.9 Å². The molecule has 0 spiro atoms. The number of nitrogens with one attached hydrogen (secondary N) is 2. The Labute approximate surface area is 109 Å². The van der Waals surface area contributed by atoms with Crippen molar-refractivity contribution in [2.75, 3.05) is 12.4 Å². The summed E-state index contributed by atoms with van der Waals surface area (Å²) in [6.07, 6.45) is 1.73. The van der Waals surface area contributed by atoms with Gasteiger partial charge in [0.1, 0.15) is 12.1 Å². The van der Waals surface area contributed by atoms with Crippen LogP contribution in [-0.4, -0.2) is 22.3 Å². The van der Waals surface area contributed by atoms with Gasteiger partial charge >= 0.3 is 0 Å². The monoisotopic (exact) mass is 258 g/mol. The van der Waals surface area contributed by atoms with E-state index in [1.54, 1.807) is 13.3 Å². The molecule has 0 aliphatic carbocycles. The summed E-state index contributed by atoms with van der Waals surface area (Å²) in [6.45, 7) is 1.07. The van der Waals surface area contributed by atoms with E-state index < -0.39 is 0 Å². The summed E-state index contributed by atoms with van der Waals surface area (Å²) in [7, 11) is 1.62. The molecule has 0 unspecified atom stereocenters. The van der Waals surface area contributed by atoms with Crippen LogP contribution in [-0.2, 0) is 17.9 Å². The predicted molar refractivity (Wildman–Crippen MR) is 70.6 cm³/mol. The summed E-state index contributed by atoms with van der Waals surface area (Å²) in [5.41, 5.74) is 3.60. The maximum Gasteiger partial charge on any atom is 0.221 e. The lowest BCUT2D eigenvalue weighted by atomic mass is 10.3. The van der Waals surface area contributed by atoms with E-state index in [0.717, 1.165) is 22.5 Å². The van der Waals surface area contributed by atoms with Gasteiger partial charge in [0.25, 0.3) is 0 Å². The molecule has 0 aliphatic heterocycles. The number of methoxy groups -OCH3 is 1. The van der Waals surface area contributed by atoms with Gasteiger partial charge in [0.2, 0.25) is 5.89 Å². The molecule has 0 radical (unpaired) electrons. The van der Waals surface area contributed by atoms with Gasteiger partial charge in [-0.15, -0.1) is 0 Å². The summed E-state index contributed by atoms with van der Waals surface area (Å²) in [5.74, 6) is 0.586. The van der Waals surface area contributed by atoms with Crippen molar-refractivity contribution in [3.63, 3.8) is 0 Å². The molecule has 1 aromatic carbocycles. The molecule has 0 saturated carbocycles. The average molecular weight is 258 g/mol. The van der Waals surface area contributed by atoms with E-state index in [-0.39, 0.29) is 0 Å². The molecule has 0 aliphatic rings. The van der Waals surface area contributed by atoms with Crippen molar-refractivity contribution in [1.82, 2.24) is 15.2 Å². The Kier molecular flexibility index (Phi) is 3.16. The molecule has 6 nitrogen and oxygen atoms in total. The Hall–Kier alpha value is -2.34. The third-order valence-corrected chi connectivity index (χ3v) is 2.74. The van der Waals surface area contributed by atoms with E-state index in [4.69, 9.17) is 9.15 Å². The maximum absolute atomic E-state index is 5.53. The number of benzene rings is 1. The Morgan fingerprint density at radius 1 is 1.37 bits per heavy atom. The molecule has 6 heteroatoms. The fourth-order valence-corrected chi connectivity index (χ4v) is 1.85.